The molecule has 1 heterocycles. The number of benzene rings is 1. The van der Waals surface area contributed by atoms with E-state index in [1.807, 2.05) is 0 Å². The van der Waals surface area contributed by atoms with Crippen molar-refractivity contribution in [1.82, 2.24) is 10.3 Å². The number of hydrogen-bond acceptors (Lipinski definition) is 4. The maximum Gasteiger partial charge on any atom is 0.417 e. The second-order valence-electron chi connectivity index (χ2n) is 9.14. The lowest BCUT2D eigenvalue weighted by Gasteiger charge is -2.56. The third-order valence-electron chi connectivity index (χ3n) is 6.85. The molecule has 4 aliphatic rings. The zero-order valence-corrected chi connectivity index (χ0v) is 15.8. The van der Waals surface area contributed by atoms with Crippen LogP contribution < -0.4 is 16.4 Å². The van der Waals surface area contributed by atoms with Crippen molar-refractivity contribution in [2.75, 3.05) is 11.9 Å². The van der Waals surface area contributed by atoms with Gasteiger partial charge in [0.25, 0.3) is 0 Å². The summed E-state index contributed by atoms with van der Waals surface area (Å²) in [6, 6.07) is 4.91. The van der Waals surface area contributed by atoms with Gasteiger partial charge in [0.1, 0.15) is 0 Å². The quantitative estimate of drug-likeness (QED) is 0.738. The Balaban J connectivity index is 1.15. The van der Waals surface area contributed by atoms with Gasteiger partial charge in [-0.05, 0) is 79.9 Å². The van der Waals surface area contributed by atoms with Gasteiger partial charge in [-0.2, -0.15) is 0 Å². The van der Waals surface area contributed by atoms with E-state index in [1.165, 1.54) is 38.5 Å². The van der Waals surface area contributed by atoms with Gasteiger partial charge in [-0.25, -0.2) is 4.79 Å². The van der Waals surface area contributed by atoms with E-state index >= 15 is 0 Å². The van der Waals surface area contributed by atoms with Crippen molar-refractivity contribution < 1.29 is 14.0 Å². The number of aromatic amines is 1. The third kappa shape index (κ3) is 3.34. The van der Waals surface area contributed by atoms with Crippen LogP contribution in [-0.2, 0) is 9.59 Å². The van der Waals surface area contributed by atoms with E-state index < -0.39 is 5.76 Å². The van der Waals surface area contributed by atoms with Crippen molar-refractivity contribution >= 4 is 28.6 Å². The SMILES string of the molecule is O=C(CC12CC3CC(CC(C3)C1)C2)NCC(=O)Nc1ccc2oc(=O)[nH]c2c1. The first-order valence-corrected chi connectivity index (χ1v) is 10.2. The van der Waals surface area contributed by atoms with Crippen LogP contribution in [0.4, 0.5) is 5.69 Å². The number of aromatic nitrogens is 1. The number of amides is 2. The Hall–Kier alpha value is -2.57. The summed E-state index contributed by atoms with van der Waals surface area (Å²) < 4.78 is 4.94. The summed E-state index contributed by atoms with van der Waals surface area (Å²) in [4.78, 5) is 38.5. The number of H-pyrrole nitrogens is 1. The monoisotopic (exact) mass is 383 g/mol. The molecule has 6 rings (SSSR count). The average molecular weight is 383 g/mol. The molecule has 0 unspecified atom stereocenters. The number of carbonyl (C=O) groups is 2. The lowest BCUT2D eigenvalue weighted by Crippen LogP contribution is -2.48. The zero-order chi connectivity index (χ0) is 19.3. The molecule has 0 saturated heterocycles. The van der Waals surface area contributed by atoms with E-state index in [0.29, 0.717) is 23.2 Å². The van der Waals surface area contributed by atoms with Gasteiger partial charge in [-0.3, -0.25) is 14.6 Å². The molecule has 0 aliphatic heterocycles. The minimum absolute atomic E-state index is 0.0216. The van der Waals surface area contributed by atoms with E-state index in [0.717, 1.165) is 17.8 Å². The second-order valence-corrected chi connectivity index (χ2v) is 9.14. The molecule has 4 aliphatic carbocycles. The standard InChI is InChI=1S/C21H25N3O4/c25-18(10-21-7-12-3-13(8-21)5-14(4-12)9-21)22-11-19(26)23-15-1-2-17-16(6-15)24-20(27)28-17/h1-2,6,12-14H,3-5,7-11H2,(H,22,25)(H,23,26)(H,24,27). The Kier molecular flexibility index (Phi) is 4.07. The highest BCUT2D eigenvalue weighted by molar-refractivity contribution is 5.95. The van der Waals surface area contributed by atoms with Crippen molar-refractivity contribution in [1.29, 1.82) is 0 Å². The van der Waals surface area contributed by atoms with Gasteiger partial charge in [0.2, 0.25) is 11.8 Å². The molecule has 148 valence electrons. The molecule has 4 fully saturated rings. The number of hydrogen-bond donors (Lipinski definition) is 3. The van der Waals surface area contributed by atoms with E-state index in [4.69, 9.17) is 4.42 Å². The van der Waals surface area contributed by atoms with Crippen LogP contribution >= 0.6 is 0 Å². The maximum atomic E-state index is 12.5. The summed E-state index contributed by atoms with van der Waals surface area (Å²) in [6.45, 7) is -0.0505. The topological polar surface area (TPSA) is 104 Å². The molecule has 1 aromatic heterocycles. The Bertz CT molecular complexity index is 954. The number of rotatable bonds is 5. The smallest absolute Gasteiger partial charge is 0.408 e. The molecule has 1 aromatic carbocycles. The summed E-state index contributed by atoms with van der Waals surface area (Å²) in [5.74, 6) is 1.59. The first-order chi connectivity index (χ1) is 13.5. The fourth-order valence-electron chi connectivity index (χ4n) is 6.32. The molecule has 0 radical (unpaired) electrons. The molecule has 0 atom stereocenters. The number of oxazole rings is 1. The normalized spacial score (nSPS) is 30.5. The van der Waals surface area contributed by atoms with Crippen molar-refractivity contribution in [2.24, 2.45) is 23.2 Å². The summed E-state index contributed by atoms with van der Waals surface area (Å²) >= 11 is 0. The van der Waals surface area contributed by atoms with E-state index in [1.54, 1.807) is 18.2 Å². The highest BCUT2D eigenvalue weighted by Crippen LogP contribution is 2.61. The van der Waals surface area contributed by atoms with Crippen LogP contribution in [0.1, 0.15) is 44.9 Å². The Morgan fingerprint density at radius 1 is 1.07 bits per heavy atom. The van der Waals surface area contributed by atoms with Crippen LogP contribution in [0.2, 0.25) is 0 Å². The molecule has 2 amide bonds. The van der Waals surface area contributed by atoms with Gasteiger partial charge < -0.3 is 15.1 Å². The van der Waals surface area contributed by atoms with Crippen LogP contribution in [0, 0.1) is 23.2 Å². The molecule has 0 spiro atoms. The van der Waals surface area contributed by atoms with Gasteiger partial charge in [0, 0.05) is 12.1 Å². The molecular formula is C21H25N3O4. The fourth-order valence-corrected chi connectivity index (χ4v) is 6.32. The predicted molar refractivity (Wildman–Crippen MR) is 104 cm³/mol. The summed E-state index contributed by atoms with van der Waals surface area (Å²) in [7, 11) is 0. The fraction of sp³-hybridized carbons (Fsp3) is 0.571. The van der Waals surface area contributed by atoms with Gasteiger partial charge >= 0.3 is 5.76 Å². The average Bonchev–Trinajstić information content (AvgIpc) is 2.97. The molecule has 3 N–H and O–H groups in total. The molecular weight excluding hydrogens is 358 g/mol. The van der Waals surface area contributed by atoms with Crippen LogP contribution in [0.5, 0.6) is 0 Å². The van der Waals surface area contributed by atoms with Crippen LogP contribution in [0.3, 0.4) is 0 Å². The van der Waals surface area contributed by atoms with Gasteiger partial charge in [0.05, 0.1) is 12.1 Å². The molecule has 7 nitrogen and oxygen atoms in total. The number of carbonyl (C=O) groups excluding carboxylic acids is 2. The van der Waals surface area contributed by atoms with Crippen molar-refractivity contribution in [3.05, 3.63) is 28.7 Å². The highest BCUT2D eigenvalue weighted by atomic mass is 16.4. The summed E-state index contributed by atoms with van der Waals surface area (Å²) in [6.07, 6.45) is 8.16. The summed E-state index contributed by atoms with van der Waals surface area (Å²) in [5, 5.41) is 5.53. The molecule has 7 heteroatoms. The van der Waals surface area contributed by atoms with E-state index in [2.05, 4.69) is 15.6 Å². The van der Waals surface area contributed by atoms with E-state index in [9.17, 15) is 14.4 Å². The lowest BCUT2D eigenvalue weighted by atomic mass is 9.49. The first-order valence-electron chi connectivity index (χ1n) is 10.2. The Labute approximate surface area is 162 Å². The third-order valence-corrected chi connectivity index (χ3v) is 6.85. The zero-order valence-electron chi connectivity index (χ0n) is 15.8. The minimum Gasteiger partial charge on any atom is -0.408 e. The van der Waals surface area contributed by atoms with Crippen molar-refractivity contribution in [2.45, 2.75) is 44.9 Å². The van der Waals surface area contributed by atoms with Gasteiger partial charge in [-0.15, -0.1) is 0 Å². The van der Waals surface area contributed by atoms with Crippen LogP contribution in [0.25, 0.3) is 11.1 Å². The predicted octanol–water partition coefficient (Wildman–Crippen LogP) is 2.78. The maximum absolute atomic E-state index is 12.5. The largest absolute Gasteiger partial charge is 0.417 e. The number of anilines is 1. The van der Waals surface area contributed by atoms with E-state index in [-0.39, 0.29) is 23.8 Å². The van der Waals surface area contributed by atoms with Crippen molar-refractivity contribution in [3.8, 4) is 0 Å². The molecule has 28 heavy (non-hydrogen) atoms. The molecule has 4 bridgehead atoms. The van der Waals surface area contributed by atoms with Gasteiger partial charge in [0.15, 0.2) is 5.58 Å². The number of nitrogens with one attached hydrogen (secondary N) is 3. The molecule has 4 saturated carbocycles. The molecule has 2 aromatic rings. The second kappa shape index (κ2) is 6.50. The minimum atomic E-state index is -0.532. The highest BCUT2D eigenvalue weighted by Gasteiger charge is 2.51. The summed E-state index contributed by atoms with van der Waals surface area (Å²) in [5.41, 5.74) is 1.68. The Morgan fingerprint density at radius 2 is 1.75 bits per heavy atom. The van der Waals surface area contributed by atoms with Crippen LogP contribution in [-0.4, -0.2) is 23.3 Å². The Morgan fingerprint density at radius 3 is 2.43 bits per heavy atom. The van der Waals surface area contributed by atoms with Crippen LogP contribution in [0.15, 0.2) is 27.4 Å². The van der Waals surface area contributed by atoms with Crippen molar-refractivity contribution in [3.63, 3.8) is 0 Å². The van der Waals surface area contributed by atoms with Gasteiger partial charge in [-0.1, -0.05) is 0 Å². The first kappa shape index (κ1) is 17.5. The number of fused-ring (bicyclic) bond motifs is 1. The lowest BCUT2D eigenvalue weighted by molar-refractivity contribution is -0.131.